The van der Waals surface area contributed by atoms with Crippen LogP contribution in [0.4, 0.5) is 17.1 Å². The third-order valence-electron chi connectivity index (χ3n) is 11.1. The summed E-state index contributed by atoms with van der Waals surface area (Å²) in [4.78, 5) is 72.1. The molecule has 4 amide bonds. The lowest BCUT2D eigenvalue weighted by molar-refractivity contribution is -0.384. The molecule has 4 aromatic carbocycles. The van der Waals surface area contributed by atoms with Crippen LogP contribution in [-0.4, -0.2) is 40.8 Å². The summed E-state index contributed by atoms with van der Waals surface area (Å²) in [5.41, 5.74) is 0.551. The molecule has 2 aliphatic carbocycles. The summed E-state index contributed by atoms with van der Waals surface area (Å²) in [6.07, 6.45) is 2.17. The Morgan fingerprint density at radius 1 is 0.885 bits per heavy atom. The molecule has 2 aliphatic heterocycles. The van der Waals surface area contributed by atoms with Crippen LogP contribution in [-0.2, 0) is 24.6 Å². The Bertz CT molecular complexity index is 2260. The number of carbonyl (C=O) groups excluding carboxylic acids is 4. The van der Waals surface area contributed by atoms with E-state index in [4.69, 9.17) is 16.3 Å². The molecule has 13 heteroatoms. The van der Waals surface area contributed by atoms with Gasteiger partial charge in [-0.2, -0.15) is 0 Å². The number of aromatic hydroxyl groups is 1. The number of amides is 4. The van der Waals surface area contributed by atoms with E-state index in [0.717, 1.165) is 10.5 Å². The second-order valence-corrected chi connectivity index (χ2v) is 15.0. The molecule has 0 spiro atoms. The molecule has 11 nitrogen and oxygen atoms in total. The number of rotatable bonds is 6. The summed E-state index contributed by atoms with van der Waals surface area (Å²) in [5, 5.41) is 22.8. The van der Waals surface area contributed by atoms with Crippen LogP contribution in [0.15, 0.2) is 103 Å². The predicted octanol–water partition coefficient (Wildman–Crippen LogP) is 6.93. The average molecular weight is 830 g/mol. The number of nitrogens with zero attached hydrogens (tertiary/aromatic N) is 3. The summed E-state index contributed by atoms with van der Waals surface area (Å²) in [7, 11) is 1.43. The van der Waals surface area contributed by atoms with Gasteiger partial charge in [0.1, 0.15) is 0 Å². The number of phenols is 1. The van der Waals surface area contributed by atoms with Gasteiger partial charge < -0.3 is 9.84 Å². The molecule has 6 atom stereocenters. The van der Waals surface area contributed by atoms with E-state index in [-0.39, 0.29) is 35.7 Å². The van der Waals surface area contributed by atoms with Crippen molar-refractivity contribution in [2.24, 2.45) is 23.7 Å². The van der Waals surface area contributed by atoms with Crippen molar-refractivity contribution in [2.45, 2.75) is 24.2 Å². The fourth-order valence-corrected chi connectivity index (χ4v) is 9.84. The molecule has 52 heavy (non-hydrogen) atoms. The van der Waals surface area contributed by atoms with Crippen molar-refractivity contribution in [1.82, 2.24) is 0 Å². The van der Waals surface area contributed by atoms with E-state index < -0.39 is 63.6 Å². The molecule has 8 rings (SSSR count). The Hall–Kier alpha value is -5.08. The Labute approximate surface area is 316 Å². The third kappa shape index (κ3) is 4.83. The maximum atomic E-state index is 15.4. The number of hydrogen-bond donors (Lipinski definition) is 1. The second kappa shape index (κ2) is 12.6. The first-order valence-corrected chi connectivity index (χ1v) is 18.0. The van der Waals surface area contributed by atoms with E-state index >= 15 is 4.79 Å². The Balaban J connectivity index is 1.36. The van der Waals surface area contributed by atoms with Gasteiger partial charge in [0, 0.05) is 23.1 Å². The van der Waals surface area contributed by atoms with Crippen molar-refractivity contribution in [3.05, 3.63) is 132 Å². The standard InChI is InChI=1S/C39H29ClIN3O8/c1-52-31-16-20(15-30(41)34(31)45)33-26-13-14-27-32(37(48)42(35(27)46)24-11-6-12-25(18-24)44(50)51)28(26)19-29-36(47)43(23-10-5-9-22(40)17-23)38(49)39(29,33)21-7-3-2-4-8-21/h2-13,15-18,27-29,32-33,45H,14,19H2,1H3/t27-,28+,29-,32-,33-,39+/m0/s1. The van der Waals surface area contributed by atoms with Crippen molar-refractivity contribution in [1.29, 1.82) is 0 Å². The Morgan fingerprint density at radius 3 is 2.29 bits per heavy atom. The van der Waals surface area contributed by atoms with E-state index in [2.05, 4.69) is 0 Å². The Kier molecular flexibility index (Phi) is 8.21. The first-order valence-electron chi connectivity index (χ1n) is 16.6. The smallest absolute Gasteiger partial charge is 0.271 e. The van der Waals surface area contributed by atoms with Crippen molar-refractivity contribution in [3.63, 3.8) is 0 Å². The number of methoxy groups -OCH3 is 1. The monoisotopic (exact) mass is 829 g/mol. The van der Waals surface area contributed by atoms with Crippen molar-refractivity contribution < 1.29 is 33.9 Å². The number of non-ortho nitro benzene ring substituents is 1. The highest BCUT2D eigenvalue weighted by Gasteiger charge is 2.70. The lowest BCUT2D eigenvalue weighted by Gasteiger charge is -2.50. The first kappa shape index (κ1) is 34.0. The van der Waals surface area contributed by atoms with Gasteiger partial charge in [-0.05, 0) is 88.9 Å². The molecule has 0 radical (unpaired) electrons. The number of fused-ring (bicyclic) bond motifs is 4. The number of allylic oxidation sites excluding steroid dienone is 2. The van der Waals surface area contributed by atoms with Gasteiger partial charge in [0.2, 0.25) is 23.6 Å². The van der Waals surface area contributed by atoms with E-state index in [9.17, 15) is 29.6 Å². The van der Waals surface area contributed by atoms with Crippen LogP contribution < -0.4 is 14.5 Å². The minimum absolute atomic E-state index is 0.0775. The number of ether oxygens (including phenoxy) is 1. The molecule has 4 aliphatic rings. The van der Waals surface area contributed by atoms with Crippen LogP contribution in [0.25, 0.3) is 0 Å². The zero-order chi connectivity index (χ0) is 36.6. The van der Waals surface area contributed by atoms with Crippen molar-refractivity contribution >= 4 is 74.9 Å². The van der Waals surface area contributed by atoms with Gasteiger partial charge >= 0.3 is 0 Å². The summed E-state index contributed by atoms with van der Waals surface area (Å²) < 4.78 is 6.03. The maximum Gasteiger partial charge on any atom is 0.271 e. The zero-order valence-electron chi connectivity index (χ0n) is 27.4. The number of nitro benzene ring substituents is 1. The zero-order valence-corrected chi connectivity index (χ0v) is 30.4. The molecule has 4 aromatic rings. The number of benzene rings is 4. The van der Waals surface area contributed by atoms with Crippen LogP contribution in [0, 0.1) is 37.4 Å². The van der Waals surface area contributed by atoms with Gasteiger partial charge in [0.25, 0.3) is 5.69 Å². The number of anilines is 2. The summed E-state index contributed by atoms with van der Waals surface area (Å²) in [5.74, 6) is -5.98. The summed E-state index contributed by atoms with van der Waals surface area (Å²) >= 11 is 8.38. The fraction of sp³-hybridized carbons (Fsp3) is 0.231. The van der Waals surface area contributed by atoms with Crippen LogP contribution in [0.3, 0.4) is 0 Å². The summed E-state index contributed by atoms with van der Waals surface area (Å²) in [6, 6.07) is 24.5. The van der Waals surface area contributed by atoms with Gasteiger partial charge in [0.05, 0.1) is 50.1 Å². The van der Waals surface area contributed by atoms with E-state index in [1.807, 2.05) is 59.0 Å². The molecule has 2 heterocycles. The quantitative estimate of drug-likeness (QED) is 0.0724. The van der Waals surface area contributed by atoms with Crippen LogP contribution in [0.5, 0.6) is 11.5 Å². The highest BCUT2D eigenvalue weighted by molar-refractivity contribution is 14.1. The van der Waals surface area contributed by atoms with Gasteiger partial charge in [-0.15, -0.1) is 0 Å². The van der Waals surface area contributed by atoms with Crippen LogP contribution >= 0.6 is 34.2 Å². The maximum absolute atomic E-state index is 15.4. The van der Waals surface area contributed by atoms with Crippen LogP contribution in [0.2, 0.25) is 5.02 Å². The molecule has 0 bridgehead atoms. The number of phenolic OH excluding ortho intramolecular Hbond substituents is 1. The lowest BCUT2D eigenvalue weighted by Crippen LogP contribution is -2.53. The lowest BCUT2D eigenvalue weighted by atomic mass is 9.49. The highest BCUT2D eigenvalue weighted by atomic mass is 127. The molecule has 2 saturated heterocycles. The van der Waals surface area contributed by atoms with E-state index in [1.165, 1.54) is 36.3 Å². The average Bonchev–Trinajstić information content (AvgIpc) is 3.53. The van der Waals surface area contributed by atoms with Gasteiger partial charge in [-0.1, -0.05) is 65.7 Å². The number of carbonyl (C=O) groups is 4. The number of halogens is 2. The van der Waals surface area contributed by atoms with Gasteiger partial charge in [-0.3, -0.25) is 29.3 Å². The number of nitro groups is 1. The largest absolute Gasteiger partial charge is 0.504 e. The third-order valence-corrected chi connectivity index (χ3v) is 12.1. The molecule has 1 saturated carbocycles. The first-order chi connectivity index (χ1) is 25.0. The van der Waals surface area contributed by atoms with Crippen LogP contribution in [0.1, 0.15) is 29.9 Å². The molecular weight excluding hydrogens is 801 g/mol. The highest BCUT2D eigenvalue weighted by Crippen LogP contribution is 2.65. The van der Waals surface area contributed by atoms with Gasteiger partial charge in [-0.25, -0.2) is 9.80 Å². The number of hydrogen-bond acceptors (Lipinski definition) is 8. The van der Waals surface area contributed by atoms with E-state index in [0.29, 0.717) is 25.4 Å². The van der Waals surface area contributed by atoms with E-state index in [1.54, 1.807) is 36.4 Å². The topological polar surface area (TPSA) is 147 Å². The van der Waals surface area contributed by atoms with Crippen molar-refractivity contribution in [2.75, 3.05) is 16.9 Å². The molecule has 0 aromatic heterocycles. The normalized spacial score (nSPS) is 26.5. The molecule has 3 fully saturated rings. The molecular formula is C39H29ClIN3O8. The molecule has 0 unspecified atom stereocenters. The fourth-order valence-electron chi connectivity index (χ4n) is 9.03. The minimum Gasteiger partial charge on any atom is -0.504 e. The number of imide groups is 2. The second-order valence-electron chi connectivity index (χ2n) is 13.4. The summed E-state index contributed by atoms with van der Waals surface area (Å²) in [6.45, 7) is 0. The van der Waals surface area contributed by atoms with Crippen molar-refractivity contribution in [3.8, 4) is 11.5 Å². The minimum atomic E-state index is -1.51. The Morgan fingerprint density at radius 2 is 1.60 bits per heavy atom. The predicted molar refractivity (Wildman–Crippen MR) is 199 cm³/mol. The SMILES string of the molecule is COc1cc([C@H]2C3=CC[C@@H]4C(=O)N(c5cccc([N+](=O)[O-])c5)C(=O)[C@@H]4[C@@H]3C[C@H]3C(=O)N(c4cccc(Cl)c4)C(=O)[C@@]23c2ccccc2)cc(I)c1O. The van der Waals surface area contributed by atoms with Gasteiger partial charge in [0.15, 0.2) is 11.5 Å². The molecule has 262 valence electrons. The molecule has 1 N–H and O–H groups in total.